The summed E-state index contributed by atoms with van der Waals surface area (Å²) in [5.41, 5.74) is 7.28. The molecule has 1 unspecified atom stereocenters. The SMILES string of the molecule is CC1(C)CN(Cc2cocn2)CCC1N. The molecule has 84 valence electrons. The van der Waals surface area contributed by atoms with E-state index < -0.39 is 0 Å². The van der Waals surface area contributed by atoms with E-state index in [1.807, 2.05) is 0 Å². The minimum absolute atomic E-state index is 0.196. The van der Waals surface area contributed by atoms with Crippen molar-refractivity contribution in [2.24, 2.45) is 11.1 Å². The van der Waals surface area contributed by atoms with Gasteiger partial charge in [0.2, 0.25) is 0 Å². The number of piperidine rings is 1. The predicted molar refractivity (Wildman–Crippen MR) is 58.2 cm³/mol. The second-order valence-corrected chi connectivity index (χ2v) is 5.07. The largest absolute Gasteiger partial charge is 0.451 e. The number of likely N-dealkylation sites (tertiary alicyclic amines) is 1. The van der Waals surface area contributed by atoms with Crippen LogP contribution in [0.4, 0.5) is 0 Å². The molecule has 1 atom stereocenters. The number of nitrogens with two attached hydrogens (primary N) is 1. The van der Waals surface area contributed by atoms with E-state index in [1.165, 1.54) is 6.39 Å². The normalized spacial score (nSPS) is 26.7. The summed E-state index contributed by atoms with van der Waals surface area (Å²) in [7, 11) is 0. The molecule has 0 radical (unpaired) electrons. The second-order valence-electron chi connectivity index (χ2n) is 5.07. The molecule has 0 saturated carbocycles. The van der Waals surface area contributed by atoms with E-state index >= 15 is 0 Å². The third kappa shape index (κ3) is 2.38. The van der Waals surface area contributed by atoms with E-state index in [0.29, 0.717) is 6.04 Å². The van der Waals surface area contributed by atoms with Crippen molar-refractivity contribution in [1.29, 1.82) is 0 Å². The zero-order chi connectivity index (χ0) is 10.9. The molecule has 2 heterocycles. The van der Waals surface area contributed by atoms with Crippen LogP contribution in [0.3, 0.4) is 0 Å². The lowest BCUT2D eigenvalue weighted by atomic mass is 9.80. The van der Waals surface area contributed by atoms with E-state index in [0.717, 1.165) is 31.7 Å². The number of aromatic nitrogens is 1. The van der Waals surface area contributed by atoms with Crippen LogP contribution in [0.15, 0.2) is 17.1 Å². The highest BCUT2D eigenvalue weighted by Crippen LogP contribution is 2.28. The molecule has 0 aliphatic carbocycles. The maximum absolute atomic E-state index is 6.09. The number of hydrogen-bond acceptors (Lipinski definition) is 4. The topological polar surface area (TPSA) is 55.3 Å². The van der Waals surface area contributed by atoms with Crippen LogP contribution in [-0.4, -0.2) is 29.0 Å². The summed E-state index contributed by atoms with van der Waals surface area (Å²) in [4.78, 5) is 6.53. The van der Waals surface area contributed by atoms with Gasteiger partial charge in [0.1, 0.15) is 6.26 Å². The Bertz CT molecular complexity index is 308. The Balaban J connectivity index is 1.95. The summed E-state index contributed by atoms with van der Waals surface area (Å²) in [6.45, 7) is 7.41. The number of rotatable bonds is 2. The molecule has 1 aromatic rings. The highest BCUT2D eigenvalue weighted by molar-refractivity contribution is 4.95. The fourth-order valence-corrected chi connectivity index (χ4v) is 2.16. The molecule has 4 heteroatoms. The quantitative estimate of drug-likeness (QED) is 0.796. The van der Waals surface area contributed by atoms with Crippen molar-refractivity contribution >= 4 is 0 Å². The standard InChI is InChI=1S/C11H19N3O/c1-11(2)7-14(4-3-10(11)12)5-9-6-15-8-13-9/h6,8,10H,3-5,7,12H2,1-2H3. The van der Waals surface area contributed by atoms with Crippen molar-refractivity contribution in [2.75, 3.05) is 13.1 Å². The van der Waals surface area contributed by atoms with Gasteiger partial charge >= 0.3 is 0 Å². The van der Waals surface area contributed by atoms with Gasteiger partial charge in [0.15, 0.2) is 6.39 Å². The van der Waals surface area contributed by atoms with Crippen LogP contribution >= 0.6 is 0 Å². The summed E-state index contributed by atoms with van der Waals surface area (Å²) < 4.78 is 4.97. The molecule has 1 saturated heterocycles. The minimum atomic E-state index is 0.196. The van der Waals surface area contributed by atoms with Gasteiger partial charge in [-0.2, -0.15) is 0 Å². The Morgan fingerprint density at radius 1 is 1.67 bits per heavy atom. The summed E-state index contributed by atoms with van der Waals surface area (Å²) in [5, 5.41) is 0. The smallest absolute Gasteiger partial charge is 0.180 e. The molecule has 0 bridgehead atoms. The number of nitrogens with zero attached hydrogens (tertiary/aromatic N) is 2. The van der Waals surface area contributed by atoms with Crippen molar-refractivity contribution < 1.29 is 4.42 Å². The molecule has 1 aliphatic rings. The van der Waals surface area contributed by atoms with E-state index in [2.05, 4.69) is 23.7 Å². The van der Waals surface area contributed by atoms with E-state index in [-0.39, 0.29) is 5.41 Å². The van der Waals surface area contributed by atoms with Gasteiger partial charge < -0.3 is 10.2 Å². The molecule has 1 aromatic heterocycles. The van der Waals surface area contributed by atoms with E-state index in [9.17, 15) is 0 Å². The monoisotopic (exact) mass is 209 g/mol. The third-order valence-electron chi connectivity index (χ3n) is 3.26. The average molecular weight is 209 g/mol. The van der Waals surface area contributed by atoms with Crippen molar-refractivity contribution in [1.82, 2.24) is 9.88 Å². The van der Waals surface area contributed by atoms with Gasteiger partial charge in [0.25, 0.3) is 0 Å². The van der Waals surface area contributed by atoms with Crippen molar-refractivity contribution in [3.8, 4) is 0 Å². The van der Waals surface area contributed by atoms with Gasteiger partial charge in [0, 0.05) is 25.7 Å². The van der Waals surface area contributed by atoms with Gasteiger partial charge in [-0.25, -0.2) is 4.98 Å². The average Bonchev–Trinajstić information content (AvgIpc) is 2.63. The lowest BCUT2D eigenvalue weighted by Crippen LogP contribution is -2.52. The van der Waals surface area contributed by atoms with Crippen LogP contribution in [0.5, 0.6) is 0 Å². The van der Waals surface area contributed by atoms with Gasteiger partial charge in [-0.15, -0.1) is 0 Å². The highest BCUT2D eigenvalue weighted by atomic mass is 16.3. The van der Waals surface area contributed by atoms with Crippen molar-refractivity contribution in [2.45, 2.75) is 32.9 Å². The maximum atomic E-state index is 6.09. The molecular formula is C11H19N3O. The molecule has 1 aliphatic heterocycles. The molecule has 0 spiro atoms. The van der Waals surface area contributed by atoms with E-state index in [4.69, 9.17) is 10.2 Å². The fraction of sp³-hybridized carbons (Fsp3) is 0.727. The third-order valence-corrected chi connectivity index (χ3v) is 3.26. The number of oxazole rings is 1. The van der Waals surface area contributed by atoms with Gasteiger partial charge in [-0.05, 0) is 11.8 Å². The van der Waals surface area contributed by atoms with Gasteiger partial charge in [-0.1, -0.05) is 13.8 Å². The summed E-state index contributed by atoms with van der Waals surface area (Å²) in [6.07, 6.45) is 4.25. The molecule has 1 fully saturated rings. The Morgan fingerprint density at radius 2 is 2.47 bits per heavy atom. The van der Waals surface area contributed by atoms with Crippen LogP contribution in [0.2, 0.25) is 0 Å². The predicted octanol–water partition coefficient (Wildman–Crippen LogP) is 1.23. The van der Waals surface area contributed by atoms with Crippen LogP contribution in [0, 0.1) is 5.41 Å². The molecule has 2 N–H and O–H groups in total. The first-order valence-electron chi connectivity index (χ1n) is 5.43. The van der Waals surface area contributed by atoms with Crippen molar-refractivity contribution in [3.05, 3.63) is 18.4 Å². The fourth-order valence-electron chi connectivity index (χ4n) is 2.16. The Kier molecular flexibility index (Phi) is 2.80. The maximum Gasteiger partial charge on any atom is 0.180 e. The summed E-state index contributed by atoms with van der Waals surface area (Å²) >= 11 is 0. The van der Waals surface area contributed by atoms with Crippen LogP contribution in [-0.2, 0) is 6.54 Å². The zero-order valence-electron chi connectivity index (χ0n) is 9.44. The Labute approximate surface area is 90.5 Å². The molecular weight excluding hydrogens is 190 g/mol. The first-order valence-corrected chi connectivity index (χ1v) is 5.43. The first kappa shape index (κ1) is 10.6. The zero-order valence-corrected chi connectivity index (χ0v) is 9.44. The minimum Gasteiger partial charge on any atom is -0.451 e. The van der Waals surface area contributed by atoms with Crippen LogP contribution < -0.4 is 5.73 Å². The first-order chi connectivity index (χ1) is 7.08. The summed E-state index contributed by atoms with van der Waals surface area (Å²) in [6, 6.07) is 0.311. The molecule has 2 rings (SSSR count). The highest BCUT2D eigenvalue weighted by Gasteiger charge is 2.33. The Hall–Kier alpha value is -0.870. The lowest BCUT2D eigenvalue weighted by Gasteiger charge is -2.42. The van der Waals surface area contributed by atoms with Gasteiger partial charge in [0.05, 0.1) is 5.69 Å². The molecule has 0 amide bonds. The Morgan fingerprint density at radius 3 is 3.07 bits per heavy atom. The molecule has 4 nitrogen and oxygen atoms in total. The lowest BCUT2D eigenvalue weighted by molar-refractivity contribution is 0.0889. The van der Waals surface area contributed by atoms with E-state index in [1.54, 1.807) is 6.26 Å². The molecule has 0 aromatic carbocycles. The van der Waals surface area contributed by atoms with Crippen molar-refractivity contribution in [3.63, 3.8) is 0 Å². The van der Waals surface area contributed by atoms with Crippen LogP contribution in [0.1, 0.15) is 26.0 Å². The van der Waals surface area contributed by atoms with Crippen LogP contribution in [0.25, 0.3) is 0 Å². The molecule has 15 heavy (non-hydrogen) atoms. The second kappa shape index (κ2) is 3.94. The van der Waals surface area contributed by atoms with Gasteiger partial charge in [-0.3, -0.25) is 4.90 Å². The number of hydrogen-bond donors (Lipinski definition) is 1. The summed E-state index contributed by atoms with van der Waals surface area (Å²) in [5.74, 6) is 0.